The van der Waals surface area contributed by atoms with Gasteiger partial charge in [0.05, 0.1) is 12.1 Å². The number of aryl methyl sites for hydroxylation is 1. The fourth-order valence-electron chi connectivity index (χ4n) is 6.45. The molecule has 5 amide bonds. The van der Waals surface area contributed by atoms with Crippen LogP contribution in [-0.4, -0.2) is 124 Å². The maximum Gasteiger partial charge on any atom is 0.409 e. The highest BCUT2D eigenvalue weighted by molar-refractivity contribution is 6.00. The van der Waals surface area contributed by atoms with Gasteiger partial charge in [-0.05, 0) is 77.0 Å². The SMILES string of the molecule is CCOC(=O)N1CCN(C(=O)[C@H](CCC(=O)O)NC(=O)c2cc(O[C@H](C)C(=O)N3CCC[C@H]3C(=O)NC3CCC3)c3ccc(C)cc3n2)CC1. The Bertz CT molecular complexity index is 1620. The first-order valence-corrected chi connectivity index (χ1v) is 17.4. The van der Waals surface area contributed by atoms with Crippen LogP contribution in [0.2, 0.25) is 0 Å². The van der Waals surface area contributed by atoms with Gasteiger partial charge in [0.1, 0.15) is 23.5 Å². The number of hydrogen-bond donors (Lipinski definition) is 3. The normalized spacial score (nSPS) is 18.9. The third-order valence-electron chi connectivity index (χ3n) is 9.47. The Kier molecular flexibility index (Phi) is 11.8. The van der Waals surface area contributed by atoms with Gasteiger partial charge in [-0.25, -0.2) is 9.78 Å². The third kappa shape index (κ3) is 8.61. The number of carbonyl (C=O) groups excluding carboxylic acids is 5. The van der Waals surface area contributed by atoms with Crippen molar-refractivity contribution >= 4 is 46.6 Å². The van der Waals surface area contributed by atoms with E-state index in [9.17, 15) is 33.9 Å². The third-order valence-corrected chi connectivity index (χ3v) is 9.47. The Morgan fingerprint density at radius 3 is 2.34 bits per heavy atom. The van der Waals surface area contributed by atoms with Crippen LogP contribution in [0.25, 0.3) is 10.9 Å². The summed E-state index contributed by atoms with van der Waals surface area (Å²) in [6, 6.07) is 5.22. The Morgan fingerprint density at radius 1 is 0.960 bits per heavy atom. The molecule has 3 N–H and O–H groups in total. The number of amides is 5. The van der Waals surface area contributed by atoms with Crippen LogP contribution in [0.3, 0.4) is 0 Å². The van der Waals surface area contributed by atoms with E-state index >= 15 is 0 Å². The van der Waals surface area contributed by atoms with Crippen LogP contribution in [-0.2, 0) is 23.9 Å². The molecule has 1 aliphatic carbocycles. The minimum absolute atomic E-state index is 0.0862. The summed E-state index contributed by atoms with van der Waals surface area (Å²) < 4.78 is 11.2. The lowest BCUT2D eigenvalue weighted by Crippen LogP contribution is -2.56. The van der Waals surface area contributed by atoms with Gasteiger partial charge in [-0.15, -0.1) is 0 Å². The van der Waals surface area contributed by atoms with E-state index in [2.05, 4.69) is 15.6 Å². The van der Waals surface area contributed by atoms with Crippen LogP contribution in [0, 0.1) is 6.92 Å². The second kappa shape index (κ2) is 16.2. The van der Waals surface area contributed by atoms with Gasteiger partial charge in [-0.2, -0.15) is 0 Å². The van der Waals surface area contributed by atoms with E-state index < -0.39 is 42.1 Å². The molecule has 3 heterocycles. The zero-order chi connectivity index (χ0) is 35.9. The van der Waals surface area contributed by atoms with E-state index in [1.807, 2.05) is 13.0 Å². The average Bonchev–Trinajstić information content (AvgIpc) is 3.57. The van der Waals surface area contributed by atoms with E-state index in [0.717, 1.165) is 24.8 Å². The maximum atomic E-state index is 13.7. The van der Waals surface area contributed by atoms with Crippen molar-refractivity contribution in [1.82, 2.24) is 30.3 Å². The van der Waals surface area contributed by atoms with Gasteiger partial charge in [-0.3, -0.25) is 24.0 Å². The Morgan fingerprint density at radius 2 is 1.68 bits per heavy atom. The molecular formula is C35H46N6O9. The number of piperazine rings is 1. The molecule has 0 bridgehead atoms. The fraction of sp³-hybridized carbons (Fsp3) is 0.571. The van der Waals surface area contributed by atoms with Crippen molar-refractivity contribution in [2.45, 2.75) is 89.9 Å². The number of benzene rings is 1. The predicted octanol–water partition coefficient (Wildman–Crippen LogP) is 2.23. The summed E-state index contributed by atoms with van der Waals surface area (Å²) in [5.41, 5.74) is 1.21. The minimum Gasteiger partial charge on any atom is -0.481 e. The van der Waals surface area contributed by atoms with Crippen molar-refractivity contribution in [2.75, 3.05) is 39.3 Å². The van der Waals surface area contributed by atoms with E-state index in [4.69, 9.17) is 9.47 Å². The first-order valence-electron chi connectivity index (χ1n) is 17.4. The summed E-state index contributed by atoms with van der Waals surface area (Å²) in [6.45, 7) is 6.68. The molecule has 15 nitrogen and oxygen atoms in total. The number of rotatable bonds is 12. The van der Waals surface area contributed by atoms with Crippen LogP contribution < -0.4 is 15.4 Å². The molecule has 3 fully saturated rings. The monoisotopic (exact) mass is 694 g/mol. The Hall–Kier alpha value is -4.95. The summed E-state index contributed by atoms with van der Waals surface area (Å²) in [4.78, 5) is 86.5. The van der Waals surface area contributed by atoms with E-state index in [1.165, 1.54) is 15.9 Å². The smallest absolute Gasteiger partial charge is 0.409 e. The maximum absolute atomic E-state index is 13.7. The number of aromatic nitrogens is 1. The van der Waals surface area contributed by atoms with Gasteiger partial charge in [-0.1, -0.05) is 6.07 Å². The zero-order valence-electron chi connectivity index (χ0n) is 28.8. The number of carboxylic acids is 1. The summed E-state index contributed by atoms with van der Waals surface area (Å²) >= 11 is 0. The van der Waals surface area contributed by atoms with Crippen molar-refractivity contribution in [3.8, 4) is 5.75 Å². The summed E-state index contributed by atoms with van der Waals surface area (Å²) in [7, 11) is 0. The van der Waals surface area contributed by atoms with Crippen LogP contribution in [0.15, 0.2) is 24.3 Å². The second-order valence-corrected chi connectivity index (χ2v) is 13.1. The van der Waals surface area contributed by atoms with Gasteiger partial charge < -0.3 is 39.9 Å². The number of pyridine rings is 1. The number of likely N-dealkylation sites (tertiary alicyclic amines) is 1. The molecule has 0 radical (unpaired) electrons. The standard InChI is InChI=1S/C35H46N6O9/c1-4-49-35(48)40-17-15-39(16-18-40)34(47)25(12-13-30(42)43)38-31(44)27-20-29(24-11-10-21(2)19-26(24)37-27)50-22(3)33(46)41-14-6-9-28(41)32(45)36-23-7-5-8-23/h10-11,19-20,22-23,25,28H,4-9,12-18H2,1-3H3,(H,36,45)(H,38,44)(H,42,43)/t22-,25+,28+/m1/s1. The first-order chi connectivity index (χ1) is 23.9. The van der Waals surface area contributed by atoms with Crippen LogP contribution in [0.4, 0.5) is 4.79 Å². The van der Waals surface area contributed by atoms with Crippen molar-refractivity contribution in [3.05, 3.63) is 35.5 Å². The minimum atomic E-state index is -1.18. The number of hydrogen-bond acceptors (Lipinski definition) is 9. The van der Waals surface area contributed by atoms with Gasteiger partial charge in [0.25, 0.3) is 11.8 Å². The van der Waals surface area contributed by atoms with Crippen LogP contribution >= 0.6 is 0 Å². The molecule has 0 unspecified atom stereocenters. The highest BCUT2D eigenvalue weighted by Gasteiger charge is 2.38. The Labute approximate surface area is 290 Å². The topological polar surface area (TPSA) is 188 Å². The average molecular weight is 695 g/mol. The number of fused-ring (bicyclic) bond motifs is 1. The molecule has 5 rings (SSSR count). The second-order valence-electron chi connectivity index (χ2n) is 13.1. The molecule has 3 atom stereocenters. The van der Waals surface area contributed by atoms with Gasteiger partial charge in [0, 0.05) is 56.6 Å². The molecule has 15 heteroatoms. The molecule has 0 spiro atoms. The van der Waals surface area contributed by atoms with E-state index in [1.54, 1.807) is 30.9 Å². The predicted molar refractivity (Wildman–Crippen MR) is 180 cm³/mol. The summed E-state index contributed by atoms with van der Waals surface area (Å²) in [5.74, 6) is -2.60. The molecule has 1 aromatic carbocycles. The highest BCUT2D eigenvalue weighted by atomic mass is 16.6. The molecule has 1 aromatic heterocycles. The van der Waals surface area contributed by atoms with E-state index in [-0.39, 0.29) is 74.9 Å². The lowest BCUT2D eigenvalue weighted by molar-refractivity contribution is -0.143. The number of carboxylic acid groups (broad SMARTS) is 1. The van der Waals surface area contributed by atoms with Gasteiger partial charge in [0.15, 0.2) is 6.10 Å². The summed E-state index contributed by atoms with van der Waals surface area (Å²) in [5, 5.41) is 15.6. The first kappa shape index (κ1) is 36.3. The number of ether oxygens (including phenoxy) is 2. The van der Waals surface area contributed by atoms with Crippen molar-refractivity contribution < 1.29 is 43.3 Å². The summed E-state index contributed by atoms with van der Waals surface area (Å²) in [6.07, 6.45) is 2.24. The molecule has 2 aliphatic heterocycles. The Balaban J connectivity index is 1.32. The van der Waals surface area contributed by atoms with Crippen molar-refractivity contribution in [3.63, 3.8) is 0 Å². The van der Waals surface area contributed by atoms with E-state index in [0.29, 0.717) is 30.3 Å². The lowest BCUT2D eigenvalue weighted by Gasteiger charge is -2.35. The molecule has 50 heavy (non-hydrogen) atoms. The number of aliphatic carboxylic acids is 1. The van der Waals surface area contributed by atoms with Crippen molar-refractivity contribution in [2.24, 2.45) is 0 Å². The number of nitrogens with zero attached hydrogens (tertiary/aromatic N) is 4. The molecule has 2 aromatic rings. The largest absolute Gasteiger partial charge is 0.481 e. The molecule has 3 aliphatic rings. The molecule has 1 saturated carbocycles. The van der Waals surface area contributed by atoms with Gasteiger partial charge >= 0.3 is 12.1 Å². The van der Waals surface area contributed by atoms with Crippen molar-refractivity contribution in [1.29, 1.82) is 0 Å². The number of carbonyl (C=O) groups is 6. The number of nitrogens with one attached hydrogen (secondary N) is 2. The quantitative estimate of drug-likeness (QED) is 0.297. The van der Waals surface area contributed by atoms with Crippen LogP contribution in [0.1, 0.15) is 74.8 Å². The highest BCUT2D eigenvalue weighted by Crippen LogP contribution is 2.29. The van der Waals surface area contributed by atoms with Crippen LogP contribution in [0.5, 0.6) is 5.75 Å². The molecule has 2 saturated heterocycles. The molecular weight excluding hydrogens is 648 g/mol. The fourth-order valence-corrected chi connectivity index (χ4v) is 6.45. The van der Waals surface area contributed by atoms with Gasteiger partial charge in [0.2, 0.25) is 11.8 Å². The zero-order valence-corrected chi connectivity index (χ0v) is 28.8. The molecule has 270 valence electrons. The lowest BCUT2D eigenvalue weighted by atomic mass is 9.93.